The van der Waals surface area contributed by atoms with E-state index in [1.165, 1.54) is 22.5 Å². The summed E-state index contributed by atoms with van der Waals surface area (Å²) >= 11 is 12.0. The Labute approximate surface area is 152 Å². The minimum atomic E-state index is -3.86. The highest BCUT2D eigenvalue weighted by molar-refractivity contribution is 7.89. The van der Waals surface area contributed by atoms with Crippen LogP contribution < -0.4 is 0 Å². The van der Waals surface area contributed by atoms with Crippen molar-refractivity contribution in [1.82, 2.24) is 9.21 Å². The third-order valence-electron chi connectivity index (χ3n) is 4.90. The van der Waals surface area contributed by atoms with Gasteiger partial charge in [0.1, 0.15) is 6.04 Å². The number of benzene rings is 1. The van der Waals surface area contributed by atoms with Gasteiger partial charge in [-0.2, -0.15) is 4.31 Å². The molecule has 1 aromatic carbocycles. The number of sulfonamides is 1. The number of halogens is 2. The van der Waals surface area contributed by atoms with Gasteiger partial charge in [-0.3, -0.25) is 4.79 Å². The third kappa shape index (κ3) is 3.05. The van der Waals surface area contributed by atoms with Crippen molar-refractivity contribution in [2.75, 3.05) is 13.6 Å². The first-order valence-corrected chi connectivity index (χ1v) is 10.2. The second-order valence-electron chi connectivity index (χ2n) is 6.65. The lowest BCUT2D eigenvalue weighted by Gasteiger charge is -2.40. The van der Waals surface area contributed by atoms with Crippen molar-refractivity contribution in [3.63, 3.8) is 0 Å². The van der Waals surface area contributed by atoms with Crippen LogP contribution in [0.1, 0.15) is 26.2 Å². The Hall–Kier alpha value is -0.820. The lowest BCUT2D eigenvalue weighted by Crippen LogP contribution is -2.54. The molecule has 2 fully saturated rings. The Kier molecular flexibility index (Phi) is 4.86. The van der Waals surface area contributed by atoms with E-state index in [0.29, 0.717) is 13.0 Å². The SMILES string of the molecule is C[C@H]1CN(C)C(=O)C2CCCC1N2S(=O)(=O)c1cc(Cl)cc(Cl)c1. The Morgan fingerprint density at radius 1 is 1.12 bits per heavy atom. The third-order valence-corrected chi connectivity index (χ3v) is 7.25. The molecule has 132 valence electrons. The zero-order valence-electron chi connectivity index (χ0n) is 13.6. The summed E-state index contributed by atoms with van der Waals surface area (Å²) in [5.41, 5.74) is 0. The molecule has 3 rings (SSSR count). The van der Waals surface area contributed by atoms with Crippen LogP contribution in [-0.4, -0.2) is 49.2 Å². The van der Waals surface area contributed by atoms with Crippen molar-refractivity contribution in [2.24, 2.45) is 5.92 Å². The molecular formula is C16H20Cl2N2O3S. The number of nitrogens with zero attached hydrogens (tertiary/aromatic N) is 2. The normalized spacial score (nSPS) is 28.8. The summed E-state index contributed by atoms with van der Waals surface area (Å²) in [6.45, 7) is 2.55. The Bertz CT molecular complexity index is 748. The molecule has 2 bridgehead atoms. The quantitative estimate of drug-likeness (QED) is 0.779. The fourth-order valence-electron chi connectivity index (χ4n) is 3.82. The van der Waals surface area contributed by atoms with Crippen molar-refractivity contribution >= 4 is 39.1 Å². The highest BCUT2D eigenvalue weighted by atomic mass is 35.5. The van der Waals surface area contributed by atoms with Gasteiger partial charge in [-0.05, 0) is 43.4 Å². The van der Waals surface area contributed by atoms with Gasteiger partial charge in [0.15, 0.2) is 0 Å². The molecule has 1 amide bonds. The van der Waals surface area contributed by atoms with Gasteiger partial charge in [0.25, 0.3) is 0 Å². The maximum absolute atomic E-state index is 13.3. The zero-order chi connectivity index (χ0) is 17.6. The largest absolute Gasteiger partial charge is 0.344 e. The van der Waals surface area contributed by atoms with Crippen LogP contribution in [0.2, 0.25) is 10.0 Å². The summed E-state index contributed by atoms with van der Waals surface area (Å²) in [7, 11) is -2.13. The van der Waals surface area contributed by atoms with Gasteiger partial charge < -0.3 is 4.90 Å². The second-order valence-corrected chi connectivity index (χ2v) is 9.37. The summed E-state index contributed by atoms with van der Waals surface area (Å²) in [6.07, 6.45) is 2.15. The van der Waals surface area contributed by atoms with Crippen molar-refractivity contribution < 1.29 is 13.2 Å². The minimum absolute atomic E-state index is 0.0430. The van der Waals surface area contributed by atoms with Crippen LogP contribution in [0.25, 0.3) is 0 Å². The van der Waals surface area contributed by atoms with Gasteiger partial charge >= 0.3 is 0 Å². The van der Waals surface area contributed by atoms with Crippen molar-refractivity contribution in [3.05, 3.63) is 28.2 Å². The molecule has 0 saturated carbocycles. The molecule has 2 aliphatic heterocycles. The topological polar surface area (TPSA) is 57.7 Å². The fraction of sp³-hybridized carbons (Fsp3) is 0.562. The number of carbonyl (C=O) groups is 1. The minimum Gasteiger partial charge on any atom is -0.344 e. The lowest BCUT2D eigenvalue weighted by atomic mass is 9.92. The molecule has 2 unspecified atom stereocenters. The van der Waals surface area contributed by atoms with Crippen molar-refractivity contribution in [3.8, 4) is 0 Å². The van der Waals surface area contributed by atoms with E-state index in [1.807, 2.05) is 6.92 Å². The molecule has 0 radical (unpaired) electrons. The van der Waals surface area contributed by atoms with Crippen LogP contribution in [0, 0.1) is 5.92 Å². The zero-order valence-corrected chi connectivity index (χ0v) is 15.9. The van der Waals surface area contributed by atoms with E-state index >= 15 is 0 Å². The molecule has 0 aliphatic carbocycles. The smallest absolute Gasteiger partial charge is 0.244 e. The number of carbonyl (C=O) groups excluding carboxylic acids is 1. The summed E-state index contributed by atoms with van der Waals surface area (Å²) in [5.74, 6) is -0.0746. The summed E-state index contributed by atoms with van der Waals surface area (Å²) < 4.78 is 28.0. The van der Waals surface area contributed by atoms with Gasteiger partial charge in [0.2, 0.25) is 15.9 Å². The van der Waals surface area contributed by atoms with E-state index < -0.39 is 16.1 Å². The van der Waals surface area contributed by atoms with E-state index in [2.05, 4.69) is 0 Å². The van der Waals surface area contributed by atoms with Gasteiger partial charge in [-0.25, -0.2) is 8.42 Å². The van der Waals surface area contributed by atoms with Crippen LogP contribution in [0.5, 0.6) is 0 Å². The van der Waals surface area contributed by atoms with E-state index in [1.54, 1.807) is 11.9 Å². The molecule has 5 nitrogen and oxygen atoms in total. The number of hydrogen-bond donors (Lipinski definition) is 0. The van der Waals surface area contributed by atoms with Crippen molar-refractivity contribution in [2.45, 2.75) is 43.2 Å². The number of likely N-dealkylation sites (N-methyl/N-ethyl adjacent to an activating group) is 1. The van der Waals surface area contributed by atoms with Gasteiger partial charge in [-0.15, -0.1) is 0 Å². The molecule has 8 heteroatoms. The average Bonchev–Trinajstić information content (AvgIpc) is 2.56. The molecule has 2 heterocycles. The monoisotopic (exact) mass is 390 g/mol. The van der Waals surface area contributed by atoms with Crippen LogP contribution >= 0.6 is 23.2 Å². The first-order valence-electron chi connectivity index (χ1n) is 7.96. The number of amides is 1. The molecule has 3 atom stereocenters. The fourth-order valence-corrected chi connectivity index (χ4v) is 6.47. The predicted octanol–water partition coefficient (Wildman–Crippen LogP) is 3.01. The predicted molar refractivity (Wildman–Crippen MR) is 93.7 cm³/mol. The first-order chi connectivity index (χ1) is 11.2. The standard InChI is InChI=1S/C16H20Cl2N2O3S/c1-10-9-19(2)16(21)15-5-3-4-14(10)20(15)24(22,23)13-7-11(17)6-12(18)8-13/h6-8,10,14-15H,3-5,9H2,1-2H3/t10-,14?,15?/m0/s1. The highest BCUT2D eigenvalue weighted by Crippen LogP contribution is 2.37. The maximum atomic E-state index is 13.3. The lowest BCUT2D eigenvalue weighted by molar-refractivity contribution is -0.133. The van der Waals surface area contributed by atoms with E-state index in [0.717, 1.165) is 12.8 Å². The molecule has 0 aromatic heterocycles. The molecule has 0 N–H and O–H groups in total. The van der Waals surface area contributed by atoms with Crippen LogP contribution in [0.4, 0.5) is 0 Å². The van der Waals surface area contributed by atoms with Crippen LogP contribution in [-0.2, 0) is 14.8 Å². The Morgan fingerprint density at radius 2 is 1.75 bits per heavy atom. The van der Waals surface area contributed by atoms with E-state index in [-0.39, 0.29) is 32.8 Å². The van der Waals surface area contributed by atoms with Gasteiger partial charge in [0.05, 0.1) is 4.90 Å². The number of hydrogen-bond acceptors (Lipinski definition) is 3. The Balaban J connectivity index is 2.12. The van der Waals surface area contributed by atoms with E-state index in [9.17, 15) is 13.2 Å². The average molecular weight is 391 g/mol. The molecule has 1 aromatic rings. The van der Waals surface area contributed by atoms with Crippen LogP contribution in [0.3, 0.4) is 0 Å². The summed E-state index contributed by atoms with van der Waals surface area (Å²) in [4.78, 5) is 14.4. The van der Waals surface area contributed by atoms with E-state index in [4.69, 9.17) is 23.2 Å². The highest BCUT2D eigenvalue weighted by Gasteiger charge is 2.48. The van der Waals surface area contributed by atoms with Crippen molar-refractivity contribution in [1.29, 1.82) is 0 Å². The second kappa shape index (κ2) is 6.48. The number of fused-ring (bicyclic) bond motifs is 2. The summed E-state index contributed by atoms with van der Waals surface area (Å²) in [5, 5.41) is 0.523. The molecular weight excluding hydrogens is 371 g/mol. The summed E-state index contributed by atoms with van der Waals surface area (Å²) in [6, 6.07) is 3.43. The molecule has 2 aliphatic rings. The number of piperidine rings is 1. The first kappa shape index (κ1) is 18.0. The molecule has 0 spiro atoms. The molecule has 2 saturated heterocycles. The van der Waals surface area contributed by atoms with Gasteiger partial charge in [-0.1, -0.05) is 30.1 Å². The van der Waals surface area contributed by atoms with Crippen LogP contribution in [0.15, 0.2) is 23.1 Å². The maximum Gasteiger partial charge on any atom is 0.244 e. The number of rotatable bonds is 2. The molecule has 24 heavy (non-hydrogen) atoms. The Morgan fingerprint density at radius 3 is 2.38 bits per heavy atom. The van der Waals surface area contributed by atoms with Gasteiger partial charge in [0, 0.05) is 29.7 Å².